The lowest BCUT2D eigenvalue weighted by Gasteiger charge is -2.40. The first-order chi connectivity index (χ1) is 15.5. The summed E-state index contributed by atoms with van der Waals surface area (Å²) < 4.78 is 73.6. The van der Waals surface area contributed by atoms with Crippen LogP contribution < -0.4 is 15.0 Å². The molecule has 1 atom stereocenters. The number of carbonyl (C=O) groups is 2. The SMILES string of the molecule is CC(=O)N1C[C@@H](NC(=O)c2nccnc2N2CC(Oc3cc(F)c(F)c(F)c3)C2)C(F)(F)C1. The number of halogens is 5. The summed E-state index contributed by atoms with van der Waals surface area (Å²) in [6.45, 7) is 0.330. The molecule has 1 aromatic heterocycles. The van der Waals surface area contributed by atoms with Gasteiger partial charge in [0.05, 0.1) is 19.6 Å². The van der Waals surface area contributed by atoms with Crippen LogP contribution in [0.5, 0.6) is 5.75 Å². The Kier molecular flexibility index (Phi) is 5.80. The highest BCUT2D eigenvalue weighted by Crippen LogP contribution is 2.29. The first-order valence-corrected chi connectivity index (χ1v) is 9.86. The summed E-state index contributed by atoms with van der Waals surface area (Å²) in [5.41, 5.74) is -0.202. The highest BCUT2D eigenvalue weighted by molar-refractivity contribution is 5.97. The molecule has 33 heavy (non-hydrogen) atoms. The predicted molar refractivity (Wildman–Crippen MR) is 103 cm³/mol. The Hall–Kier alpha value is -3.51. The van der Waals surface area contributed by atoms with E-state index in [-0.39, 0.29) is 36.9 Å². The van der Waals surface area contributed by atoms with Crippen LogP contribution in [-0.4, -0.2) is 70.9 Å². The maximum atomic E-state index is 14.2. The van der Waals surface area contributed by atoms with Gasteiger partial charge in [-0.05, 0) is 0 Å². The van der Waals surface area contributed by atoms with Gasteiger partial charge in [-0.25, -0.2) is 31.9 Å². The number of ether oxygens (including phenoxy) is 1. The average Bonchev–Trinajstić information content (AvgIpc) is 3.03. The summed E-state index contributed by atoms with van der Waals surface area (Å²) in [6, 6.07) is -0.151. The topological polar surface area (TPSA) is 87.7 Å². The summed E-state index contributed by atoms with van der Waals surface area (Å²) in [5.74, 6) is -9.20. The first kappa shape index (κ1) is 22.7. The molecule has 13 heteroatoms. The van der Waals surface area contributed by atoms with Crippen LogP contribution in [0.4, 0.5) is 27.8 Å². The van der Waals surface area contributed by atoms with E-state index in [1.165, 1.54) is 12.4 Å². The van der Waals surface area contributed by atoms with Crippen LogP contribution >= 0.6 is 0 Å². The molecule has 2 amide bonds. The van der Waals surface area contributed by atoms with Gasteiger partial charge in [0.15, 0.2) is 29.0 Å². The van der Waals surface area contributed by atoms with E-state index in [0.29, 0.717) is 12.1 Å². The summed E-state index contributed by atoms with van der Waals surface area (Å²) in [7, 11) is 0. The largest absolute Gasteiger partial charge is 0.487 e. The van der Waals surface area contributed by atoms with Crippen LogP contribution in [0.15, 0.2) is 24.5 Å². The van der Waals surface area contributed by atoms with Gasteiger partial charge in [0.1, 0.15) is 17.9 Å². The number of hydrogen-bond donors (Lipinski definition) is 1. The number of nitrogens with zero attached hydrogens (tertiary/aromatic N) is 4. The van der Waals surface area contributed by atoms with E-state index in [1.807, 2.05) is 0 Å². The Morgan fingerprint density at radius 2 is 1.73 bits per heavy atom. The van der Waals surface area contributed by atoms with Crippen molar-refractivity contribution in [3.63, 3.8) is 0 Å². The fraction of sp³-hybridized carbons (Fsp3) is 0.400. The third-order valence-electron chi connectivity index (χ3n) is 5.37. The zero-order chi connectivity index (χ0) is 23.9. The van der Waals surface area contributed by atoms with Crippen molar-refractivity contribution in [2.75, 3.05) is 31.1 Å². The Labute approximate surface area is 184 Å². The zero-order valence-electron chi connectivity index (χ0n) is 17.2. The van der Waals surface area contributed by atoms with E-state index in [1.54, 1.807) is 4.90 Å². The summed E-state index contributed by atoms with van der Waals surface area (Å²) >= 11 is 0. The second-order valence-electron chi connectivity index (χ2n) is 7.76. The second kappa shape index (κ2) is 8.45. The molecule has 2 aliphatic rings. The first-order valence-electron chi connectivity index (χ1n) is 9.86. The maximum absolute atomic E-state index is 14.2. The number of nitrogens with one attached hydrogen (secondary N) is 1. The van der Waals surface area contributed by atoms with E-state index in [4.69, 9.17) is 4.74 Å². The zero-order valence-corrected chi connectivity index (χ0v) is 17.2. The third kappa shape index (κ3) is 4.52. The second-order valence-corrected chi connectivity index (χ2v) is 7.76. The minimum atomic E-state index is -3.31. The van der Waals surface area contributed by atoms with Crippen LogP contribution in [0.3, 0.4) is 0 Å². The molecule has 1 N–H and O–H groups in total. The van der Waals surface area contributed by atoms with Gasteiger partial charge < -0.3 is 19.9 Å². The number of rotatable bonds is 5. The molecule has 0 spiro atoms. The van der Waals surface area contributed by atoms with Crippen molar-refractivity contribution in [3.8, 4) is 5.75 Å². The lowest BCUT2D eigenvalue weighted by atomic mass is 10.1. The Morgan fingerprint density at radius 3 is 2.33 bits per heavy atom. The van der Waals surface area contributed by atoms with Gasteiger partial charge in [-0.1, -0.05) is 0 Å². The molecule has 8 nitrogen and oxygen atoms in total. The van der Waals surface area contributed by atoms with Gasteiger partial charge in [0, 0.05) is 38.0 Å². The van der Waals surface area contributed by atoms with Gasteiger partial charge in [-0.3, -0.25) is 9.59 Å². The standard InChI is InChI=1S/C20H18F5N5O3/c1-10(31)30-8-15(20(24,25)9-30)28-19(32)17-18(27-3-2-26-17)29-6-12(7-29)33-11-4-13(21)16(23)14(22)5-11/h2-5,12,15H,6-9H2,1H3,(H,28,32)/t15-/m1/s1. The van der Waals surface area contributed by atoms with Gasteiger partial charge in [0.25, 0.3) is 11.8 Å². The Morgan fingerprint density at radius 1 is 1.09 bits per heavy atom. The smallest absolute Gasteiger partial charge is 0.286 e. The fourth-order valence-corrected chi connectivity index (χ4v) is 3.60. The number of alkyl halides is 2. The van der Waals surface area contributed by atoms with Crippen molar-refractivity contribution in [1.29, 1.82) is 0 Å². The van der Waals surface area contributed by atoms with Gasteiger partial charge >= 0.3 is 0 Å². The highest BCUT2D eigenvalue weighted by Gasteiger charge is 2.50. The van der Waals surface area contributed by atoms with Gasteiger partial charge in [-0.2, -0.15) is 0 Å². The molecule has 176 valence electrons. The molecule has 2 aromatic rings. The van der Waals surface area contributed by atoms with Crippen molar-refractivity contribution >= 4 is 17.6 Å². The third-order valence-corrected chi connectivity index (χ3v) is 5.37. The monoisotopic (exact) mass is 471 g/mol. The number of benzene rings is 1. The average molecular weight is 471 g/mol. The van der Waals surface area contributed by atoms with Crippen molar-refractivity contribution in [2.24, 2.45) is 0 Å². The molecule has 2 aliphatic heterocycles. The molecular weight excluding hydrogens is 453 g/mol. The van der Waals surface area contributed by atoms with E-state index < -0.39 is 53.9 Å². The van der Waals surface area contributed by atoms with Crippen LogP contribution in [0.1, 0.15) is 17.4 Å². The lowest BCUT2D eigenvalue weighted by Crippen LogP contribution is -2.55. The molecule has 3 heterocycles. The summed E-state index contributed by atoms with van der Waals surface area (Å²) in [4.78, 5) is 34.6. The van der Waals surface area contributed by atoms with E-state index in [2.05, 4.69) is 15.3 Å². The number of likely N-dealkylation sites (tertiary alicyclic amines) is 1. The fourth-order valence-electron chi connectivity index (χ4n) is 3.60. The highest BCUT2D eigenvalue weighted by atomic mass is 19.3. The number of aromatic nitrogens is 2. The maximum Gasteiger partial charge on any atom is 0.286 e. The van der Waals surface area contributed by atoms with Crippen molar-refractivity contribution in [2.45, 2.75) is 25.0 Å². The molecule has 0 bridgehead atoms. The minimum absolute atomic E-state index is 0.107. The number of anilines is 1. The van der Waals surface area contributed by atoms with Crippen LogP contribution in [-0.2, 0) is 4.79 Å². The molecule has 4 rings (SSSR count). The van der Waals surface area contributed by atoms with Crippen LogP contribution in [0.2, 0.25) is 0 Å². The normalized spacial score (nSPS) is 19.9. The Balaban J connectivity index is 1.41. The van der Waals surface area contributed by atoms with Crippen molar-refractivity contribution in [3.05, 3.63) is 47.7 Å². The lowest BCUT2D eigenvalue weighted by molar-refractivity contribution is -0.129. The quantitative estimate of drug-likeness (QED) is 0.528. The minimum Gasteiger partial charge on any atom is -0.487 e. The van der Waals surface area contributed by atoms with E-state index in [0.717, 1.165) is 11.8 Å². The van der Waals surface area contributed by atoms with Crippen LogP contribution in [0.25, 0.3) is 0 Å². The number of amides is 2. The van der Waals surface area contributed by atoms with Crippen molar-refractivity contribution in [1.82, 2.24) is 20.2 Å². The molecule has 1 aromatic carbocycles. The molecule has 0 aliphatic carbocycles. The molecule has 0 unspecified atom stereocenters. The Bertz CT molecular complexity index is 1070. The summed E-state index contributed by atoms with van der Waals surface area (Å²) in [6.07, 6.45) is 1.99. The number of carbonyl (C=O) groups excluding carboxylic acids is 2. The van der Waals surface area contributed by atoms with Crippen molar-refractivity contribution < 1.29 is 36.3 Å². The van der Waals surface area contributed by atoms with Gasteiger partial charge in [0.2, 0.25) is 5.91 Å². The summed E-state index contributed by atoms with van der Waals surface area (Å²) in [5, 5.41) is 2.22. The molecule has 2 fully saturated rings. The molecule has 2 saturated heterocycles. The van der Waals surface area contributed by atoms with Gasteiger partial charge in [-0.15, -0.1) is 0 Å². The molecule has 0 radical (unpaired) electrons. The molecule has 0 saturated carbocycles. The van der Waals surface area contributed by atoms with Crippen LogP contribution in [0, 0.1) is 17.5 Å². The van der Waals surface area contributed by atoms with E-state index >= 15 is 0 Å². The molecular formula is C20H18F5N5O3. The predicted octanol–water partition coefficient (Wildman–Crippen LogP) is 1.76. The number of hydrogen-bond acceptors (Lipinski definition) is 6. The van der Waals surface area contributed by atoms with E-state index in [9.17, 15) is 31.5 Å².